The van der Waals surface area contributed by atoms with Gasteiger partial charge in [0.1, 0.15) is 17.1 Å². The Labute approximate surface area is 117 Å². The average molecular weight is 274 g/mol. The van der Waals surface area contributed by atoms with Crippen molar-refractivity contribution in [3.05, 3.63) is 40.2 Å². The molecule has 1 N–H and O–H groups in total. The molecule has 0 unspecified atom stereocenters. The Hall–Kier alpha value is -2.10. The van der Waals surface area contributed by atoms with Crippen LogP contribution in [0, 0.1) is 5.41 Å². The van der Waals surface area contributed by atoms with Crippen molar-refractivity contribution in [2.75, 3.05) is 0 Å². The number of carbonyl (C=O) groups is 1. The van der Waals surface area contributed by atoms with Crippen LogP contribution in [0.2, 0.25) is 0 Å². The molecule has 0 fully saturated rings. The van der Waals surface area contributed by atoms with Gasteiger partial charge >= 0.3 is 5.63 Å². The highest BCUT2D eigenvalue weighted by Crippen LogP contribution is 2.27. The fraction of sp³-hybridized carbons (Fsp3) is 0.375. The van der Waals surface area contributed by atoms with Crippen LogP contribution in [0.25, 0.3) is 11.0 Å². The summed E-state index contributed by atoms with van der Waals surface area (Å²) in [6, 6.07) is 6.79. The van der Waals surface area contributed by atoms with Gasteiger partial charge in [0.25, 0.3) is 0 Å². The molecule has 4 heteroatoms. The molecule has 0 spiro atoms. The molecular formula is C16H18O4. The summed E-state index contributed by atoms with van der Waals surface area (Å²) in [5.41, 5.74) is -0.516. The maximum atomic E-state index is 11.9. The van der Waals surface area contributed by atoms with E-state index in [9.17, 15) is 14.7 Å². The predicted molar refractivity (Wildman–Crippen MR) is 76.9 cm³/mol. The minimum atomic E-state index is -0.581. The molecule has 4 nitrogen and oxygen atoms in total. The molecule has 2 aromatic rings. The van der Waals surface area contributed by atoms with E-state index in [1.807, 2.05) is 20.8 Å². The van der Waals surface area contributed by atoms with Gasteiger partial charge in [-0.1, -0.05) is 32.9 Å². The molecule has 1 heterocycles. The second-order valence-corrected chi connectivity index (χ2v) is 5.89. The highest BCUT2D eigenvalue weighted by molar-refractivity contribution is 5.85. The minimum absolute atomic E-state index is 0.0458. The summed E-state index contributed by atoms with van der Waals surface area (Å²) in [5.74, 6) is -0.0389. The number of hydrogen-bond acceptors (Lipinski definition) is 4. The van der Waals surface area contributed by atoms with Crippen molar-refractivity contribution in [1.29, 1.82) is 0 Å². The van der Waals surface area contributed by atoms with E-state index >= 15 is 0 Å². The third kappa shape index (κ3) is 2.74. The van der Waals surface area contributed by atoms with Gasteiger partial charge in [-0.25, -0.2) is 4.79 Å². The molecule has 106 valence electrons. The minimum Gasteiger partial charge on any atom is -0.507 e. The maximum Gasteiger partial charge on any atom is 0.343 e. The first-order valence-corrected chi connectivity index (χ1v) is 6.57. The first-order valence-electron chi connectivity index (χ1n) is 6.57. The molecule has 2 rings (SSSR count). The van der Waals surface area contributed by atoms with Crippen LogP contribution in [0.4, 0.5) is 0 Å². The van der Waals surface area contributed by atoms with Crippen LogP contribution in [0.1, 0.15) is 32.8 Å². The number of hydrogen-bond donors (Lipinski definition) is 1. The van der Waals surface area contributed by atoms with Crippen molar-refractivity contribution in [3.63, 3.8) is 0 Å². The van der Waals surface area contributed by atoms with E-state index in [1.54, 1.807) is 24.3 Å². The second-order valence-electron chi connectivity index (χ2n) is 5.89. The summed E-state index contributed by atoms with van der Waals surface area (Å²) in [6.45, 7) is 5.49. The molecule has 0 bridgehead atoms. The van der Waals surface area contributed by atoms with Gasteiger partial charge in [-0.3, -0.25) is 4.79 Å². The monoisotopic (exact) mass is 274 g/mol. The normalized spacial score (nSPS) is 11.8. The van der Waals surface area contributed by atoms with Gasteiger partial charge in [0.15, 0.2) is 0 Å². The smallest absolute Gasteiger partial charge is 0.343 e. The largest absolute Gasteiger partial charge is 0.507 e. The number of aromatic hydroxyl groups is 1. The average Bonchev–Trinajstić information content (AvgIpc) is 2.37. The Balaban J connectivity index is 2.36. The fourth-order valence-corrected chi connectivity index (χ4v) is 2.01. The van der Waals surface area contributed by atoms with Gasteiger partial charge in [-0.15, -0.1) is 0 Å². The Bertz CT molecular complexity index is 704. The highest BCUT2D eigenvalue weighted by Gasteiger charge is 2.22. The van der Waals surface area contributed by atoms with Crippen LogP contribution in [-0.2, 0) is 11.2 Å². The summed E-state index contributed by atoms with van der Waals surface area (Å²) in [7, 11) is 0. The lowest BCUT2D eigenvalue weighted by Gasteiger charge is -2.16. The van der Waals surface area contributed by atoms with E-state index in [4.69, 9.17) is 4.42 Å². The fourth-order valence-electron chi connectivity index (χ4n) is 2.01. The van der Waals surface area contributed by atoms with E-state index in [0.29, 0.717) is 11.0 Å². The zero-order chi connectivity index (χ0) is 14.9. The third-order valence-electron chi connectivity index (χ3n) is 3.32. The molecule has 0 saturated carbocycles. The number of carbonyl (C=O) groups excluding carboxylic acids is 1. The number of para-hydroxylation sites is 1. The standard InChI is InChI=1S/C16H18O4/c1-16(2,3)13(17)9-8-11-14(18)10-6-4-5-7-12(10)20-15(11)19/h4-7,18H,8-9H2,1-3H3. The van der Waals surface area contributed by atoms with Crippen LogP contribution in [-0.4, -0.2) is 10.9 Å². The zero-order valence-electron chi connectivity index (χ0n) is 11.9. The Morgan fingerprint density at radius 2 is 1.90 bits per heavy atom. The lowest BCUT2D eigenvalue weighted by molar-refractivity contribution is -0.126. The first kappa shape index (κ1) is 14.3. The summed E-state index contributed by atoms with van der Waals surface area (Å²) in [5, 5.41) is 10.7. The summed E-state index contributed by atoms with van der Waals surface area (Å²) in [4.78, 5) is 23.8. The lowest BCUT2D eigenvalue weighted by Crippen LogP contribution is -2.21. The quantitative estimate of drug-likeness (QED) is 0.873. The van der Waals surface area contributed by atoms with E-state index in [0.717, 1.165) is 0 Å². The van der Waals surface area contributed by atoms with Crippen LogP contribution in [0.15, 0.2) is 33.5 Å². The van der Waals surface area contributed by atoms with Crippen molar-refractivity contribution >= 4 is 16.8 Å². The second kappa shape index (κ2) is 5.12. The molecule has 20 heavy (non-hydrogen) atoms. The van der Waals surface area contributed by atoms with Crippen LogP contribution >= 0.6 is 0 Å². The van der Waals surface area contributed by atoms with Crippen LogP contribution in [0.3, 0.4) is 0 Å². The number of ketones is 1. The number of rotatable bonds is 3. The van der Waals surface area contributed by atoms with Gasteiger partial charge in [0.05, 0.1) is 10.9 Å². The maximum absolute atomic E-state index is 11.9. The molecule has 0 saturated heterocycles. The van der Waals surface area contributed by atoms with Crippen molar-refractivity contribution in [2.24, 2.45) is 5.41 Å². The predicted octanol–water partition coefficient (Wildman–Crippen LogP) is 3.05. The Morgan fingerprint density at radius 3 is 2.55 bits per heavy atom. The molecule has 0 aliphatic carbocycles. The van der Waals surface area contributed by atoms with Gasteiger partial charge in [-0.05, 0) is 18.6 Å². The summed E-state index contributed by atoms with van der Waals surface area (Å²) >= 11 is 0. The van der Waals surface area contributed by atoms with Gasteiger partial charge in [-0.2, -0.15) is 0 Å². The number of Topliss-reactive ketones (excluding diaryl/α,β-unsaturated/α-hetero) is 1. The van der Waals surface area contributed by atoms with E-state index in [1.165, 1.54) is 0 Å². The van der Waals surface area contributed by atoms with Crippen LogP contribution < -0.4 is 5.63 Å². The van der Waals surface area contributed by atoms with Crippen molar-refractivity contribution in [3.8, 4) is 5.75 Å². The molecule has 0 amide bonds. The number of benzene rings is 1. The lowest BCUT2D eigenvalue weighted by atomic mass is 9.87. The van der Waals surface area contributed by atoms with Gasteiger partial charge in [0.2, 0.25) is 0 Å². The van der Waals surface area contributed by atoms with E-state index in [2.05, 4.69) is 0 Å². The van der Waals surface area contributed by atoms with Gasteiger partial charge in [0, 0.05) is 11.8 Å². The van der Waals surface area contributed by atoms with Crippen molar-refractivity contribution in [1.82, 2.24) is 0 Å². The van der Waals surface area contributed by atoms with E-state index in [-0.39, 0.29) is 29.9 Å². The summed E-state index contributed by atoms with van der Waals surface area (Å²) in [6.07, 6.45) is 0.398. The Morgan fingerprint density at radius 1 is 1.25 bits per heavy atom. The number of fused-ring (bicyclic) bond motifs is 1. The highest BCUT2D eigenvalue weighted by atomic mass is 16.4. The SMILES string of the molecule is CC(C)(C)C(=O)CCc1c(O)c2ccccc2oc1=O. The first-order chi connectivity index (χ1) is 9.30. The molecule has 0 aliphatic rings. The van der Waals surface area contributed by atoms with Gasteiger partial charge < -0.3 is 9.52 Å². The molecule has 0 aliphatic heterocycles. The molecule has 0 atom stereocenters. The van der Waals surface area contributed by atoms with Crippen LogP contribution in [0.5, 0.6) is 5.75 Å². The zero-order valence-corrected chi connectivity index (χ0v) is 11.9. The third-order valence-corrected chi connectivity index (χ3v) is 3.32. The Kier molecular flexibility index (Phi) is 3.66. The van der Waals surface area contributed by atoms with Crippen molar-refractivity contribution in [2.45, 2.75) is 33.6 Å². The van der Waals surface area contributed by atoms with Crippen molar-refractivity contribution < 1.29 is 14.3 Å². The molecule has 1 aromatic carbocycles. The molecule has 1 aromatic heterocycles. The topological polar surface area (TPSA) is 67.5 Å². The molecular weight excluding hydrogens is 256 g/mol. The van der Waals surface area contributed by atoms with E-state index < -0.39 is 11.0 Å². The molecule has 0 radical (unpaired) electrons. The summed E-state index contributed by atoms with van der Waals surface area (Å²) < 4.78 is 5.16.